The molecule has 25 heavy (non-hydrogen) atoms. The summed E-state index contributed by atoms with van der Waals surface area (Å²) in [6.45, 7) is 6.78. The van der Waals surface area contributed by atoms with E-state index in [1.54, 1.807) is 20.5 Å². The number of hydrogen-bond donors (Lipinski definition) is 0. The predicted octanol–water partition coefficient (Wildman–Crippen LogP) is 3.77. The molecule has 0 spiro atoms. The van der Waals surface area contributed by atoms with Crippen molar-refractivity contribution in [3.8, 4) is 11.5 Å². The molecule has 5 nitrogen and oxygen atoms in total. The third-order valence-corrected chi connectivity index (χ3v) is 6.97. The fourth-order valence-corrected chi connectivity index (χ4v) is 4.79. The van der Waals surface area contributed by atoms with Gasteiger partial charge in [-0.2, -0.15) is 0 Å². The van der Waals surface area contributed by atoms with E-state index < -0.39 is 0 Å². The zero-order chi connectivity index (χ0) is 18.2. The van der Waals surface area contributed by atoms with Crippen molar-refractivity contribution in [2.75, 3.05) is 26.2 Å². The molecule has 0 radical (unpaired) electrons. The summed E-state index contributed by atoms with van der Waals surface area (Å²) in [6, 6.07) is 6.11. The summed E-state index contributed by atoms with van der Waals surface area (Å²) < 4.78 is 12.3. The third kappa shape index (κ3) is 3.37. The van der Waals surface area contributed by atoms with Gasteiger partial charge in [0.15, 0.2) is 0 Å². The van der Waals surface area contributed by atoms with Crippen LogP contribution < -0.4 is 14.4 Å². The monoisotopic (exact) mass is 405 g/mol. The number of fused-ring (bicyclic) bond motifs is 1. The van der Waals surface area contributed by atoms with Crippen LogP contribution in [0.4, 0.5) is 11.5 Å². The fraction of sp³-hybridized carbons (Fsp3) is 0.368. The Hall–Kier alpha value is -2.04. The molecular weight excluding hydrogens is 381 g/mol. The molecule has 0 saturated heterocycles. The Morgan fingerprint density at radius 1 is 1.00 bits per heavy atom. The Morgan fingerprint density at radius 2 is 1.68 bits per heavy atom. The van der Waals surface area contributed by atoms with E-state index >= 15 is 0 Å². The molecule has 2 heterocycles. The minimum atomic E-state index is 0.198. The third-order valence-electron chi connectivity index (χ3n) is 4.15. The van der Waals surface area contributed by atoms with Crippen molar-refractivity contribution < 1.29 is 9.47 Å². The van der Waals surface area contributed by atoms with Crippen LogP contribution >= 0.6 is 0 Å². The molecule has 0 saturated carbocycles. The molecule has 0 amide bonds. The second-order valence-corrected chi connectivity index (χ2v) is 8.81. The number of hydrogen-bond acceptors (Lipinski definition) is 5. The Balaban J connectivity index is 2.10. The van der Waals surface area contributed by atoms with Gasteiger partial charge < -0.3 is 0 Å². The van der Waals surface area contributed by atoms with Crippen LogP contribution in [0.1, 0.15) is 25.2 Å². The van der Waals surface area contributed by atoms with Crippen LogP contribution in [0.2, 0.25) is 0 Å². The summed E-state index contributed by atoms with van der Waals surface area (Å²) in [5.41, 5.74) is 2.21. The van der Waals surface area contributed by atoms with Crippen molar-refractivity contribution in [3.05, 3.63) is 33.9 Å². The Labute approximate surface area is 154 Å². The van der Waals surface area contributed by atoms with Gasteiger partial charge in [0.05, 0.1) is 0 Å². The van der Waals surface area contributed by atoms with Crippen molar-refractivity contribution in [2.45, 2.75) is 26.2 Å². The van der Waals surface area contributed by atoms with E-state index in [0.29, 0.717) is 26.0 Å². The minimum absolute atomic E-state index is 0.198. The SMILES string of the molecule is COc1cc2ncnc(N(C)c3c[se]c(C(C)(C)C)c3)c2cc1OC. The van der Waals surface area contributed by atoms with Crippen LogP contribution in [0.3, 0.4) is 0 Å². The molecule has 0 aliphatic rings. The van der Waals surface area contributed by atoms with Gasteiger partial charge >= 0.3 is 154 Å². The van der Waals surface area contributed by atoms with E-state index in [9.17, 15) is 0 Å². The van der Waals surface area contributed by atoms with E-state index in [0.717, 1.165) is 16.7 Å². The Bertz CT molecular complexity index is 899. The van der Waals surface area contributed by atoms with Crippen molar-refractivity contribution >= 4 is 36.9 Å². The molecule has 0 N–H and O–H groups in total. The van der Waals surface area contributed by atoms with Gasteiger partial charge in [-0.1, -0.05) is 0 Å². The van der Waals surface area contributed by atoms with Crippen LogP contribution in [0.5, 0.6) is 11.5 Å². The quantitative estimate of drug-likeness (QED) is 0.620. The first-order valence-corrected chi connectivity index (χ1v) is 9.89. The second-order valence-electron chi connectivity index (χ2n) is 6.90. The summed E-state index contributed by atoms with van der Waals surface area (Å²) >= 11 is 0.381. The average molecular weight is 404 g/mol. The maximum atomic E-state index is 5.44. The molecule has 0 aliphatic heterocycles. The zero-order valence-corrected chi connectivity index (χ0v) is 17.2. The van der Waals surface area contributed by atoms with Gasteiger partial charge in [-0.15, -0.1) is 0 Å². The van der Waals surface area contributed by atoms with Gasteiger partial charge in [0.1, 0.15) is 0 Å². The molecule has 2 aromatic heterocycles. The van der Waals surface area contributed by atoms with Gasteiger partial charge in [0.25, 0.3) is 0 Å². The number of ether oxygens (including phenoxy) is 2. The van der Waals surface area contributed by atoms with Gasteiger partial charge in [0.2, 0.25) is 0 Å². The summed E-state index contributed by atoms with van der Waals surface area (Å²) in [4.78, 5) is 13.3. The molecule has 0 unspecified atom stereocenters. The van der Waals surface area contributed by atoms with E-state index in [1.807, 2.05) is 19.2 Å². The molecular formula is C19H23N3O2Se. The molecule has 1 aromatic carbocycles. The van der Waals surface area contributed by atoms with Gasteiger partial charge in [-0.3, -0.25) is 0 Å². The average Bonchev–Trinajstić information content (AvgIpc) is 3.09. The fourth-order valence-electron chi connectivity index (χ4n) is 2.65. The van der Waals surface area contributed by atoms with E-state index in [2.05, 4.69) is 46.6 Å². The van der Waals surface area contributed by atoms with Crippen molar-refractivity contribution in [1.29, 1.82) is 0 Å². The van der Waals surface area contributed by atoms with Crippen LogP contribution in [-0.4, -0.2) is 45.7 Å². The molecule has 0 aliphatic carbocycles. The number of benzene rings is 1. The van der Waals surface area contributed by atoms with Gasteiger partial charge in [-0.05, 0) is 0 Å². The summed E-state index contributed by atoms with van der Waals surface area (Å²) in [5, 5.41) is 0.939. The number of nitrogens with zero attached hydrogens (tertiary/aromatic N) is 3. The molecule has 0 bridgehead atoms. The number of anilines is 2. The number of rotatable bonds is 4. The van der Waals surface area contributed by atoms with Crippen LogP contribution in [-0.2, 0) is 5.41 Å². The van der Waals surface area contributed by atoms with Crippen LogP contribution in [0, 0.1) is 0 Å². The summed E-state index contributed by atoms with van der Waals surface area (Å²) in [7, 11) is 5.31. The normalized spacial score (nSPS) is 11.6. The first-order valence-electron chi connectivity index (χ1n) is 8.04. The van der Waals surface area contributed by atoms with Crippen molar-refractivity contribution in [3.63, 3.8) is 0 Å². The molecule has 132 valence electrons. The molecule has 0 atom stereocenters. The number of aromatic nitrogens is 2. The molecule has 0 fully saturated rings. The predicted molar refractivity (Wildman–Crippen MR) is 103 cm³/mol. The number of methoxy groups -OCH3 is 2. The van der Waals surface area contributed by atoms with Crippen molar-refractivity contribution in [1.82, 2.24) is 9.97 Å². The van der Waals surface area contributed by atoms with E-state index in [1.165, 1.54) is 10.1 Å². The van der Waals surface area contributed by atoms with Crippen LogP contribution in [0.15, 0.2) is 29.5 Å². The maximum absolute atomic E-state index is 5.44. The second kappa shape index (κ2) is 6.69. The van der Waals surface area contributed by atoms with Gasteiger partial charge in [-0.25, -0.2) is 0 Å². The summed E-state index contributed by atoms with van der Waals surface area (Å²) in [6.07, 6.45) is 1.59. The standard InChI is InChI=1S/C19H23N3O2Se/c1-19(2,3)17-7-12(10-25-17)22(4)18-13-8-15(23-5)16(24-6)9-14(13)20-11-21-18/h7-11H,1-6H3. The topological polar surface area (TPSA) is 47.5 Å². The van der Waals surface area contributed by atoms with E-state index in [-0.39, 0.29) is 5.41 Å². The van der Waals surface area contributed by atoms with Gasteiger partial charge in [0, 0.05) is 0 Å². The van der Waals surface area contributed by atoms with Crippen LogP contribution in [0.25, 0.3) is 10.9 Å². The summed E-state index contributed by atoms with van der Waals surface area (Å²) in [5.74, 6) is 2.20. The first-order chi connectivity index (χ1) is 11.8. The molecule has 3 rings (SSSR count). The molecule has 6 heteroatoms. The zero-order valence-electron chi connectivity index (χ0n) is 15.5. The van der Waals surface area contributed by atoms with Crippen molar-refractivity contribution in [2.24, 2.45) is 0 Å². The molecule has 3 aromatic rings. The van der Waals surface area contributed by atoms with E-state index in [4.69, 9.17) is 9.47 Å². The first kappa shape index (κ1) is 17.8. The Kier molecular flexibility index (Phi) is 4.76. The Morgan fingerprint density at radius 3 is 2.28 bits per heavy atom.